The van der Waals surface area contributed by atoms with Crippen LogP contribution in [0.3, 0.4) is 0 Å². The van der Waals surface area contributed by atoms with Crippen molar-refractivity contribution in [1.82, 2.24) is 10.2 Å². The fourth-order valence-corrected chi connectivity index (χ4v) is 3.99. The highest BCUT2D eigenvalue weighted by molar-refractivity contribution is 5.32. The number of hydrogen-bond acceptors (Lipinski definition) is 2. The number of benzene rings is 1. The number of nitrogens with zero attached hydrogens (tertiary/aromatic N) is 1. The van der Waals surface area contributed by atoms with Gasteiger partial charge in [0.25, 0.3) is 0 Å². The lowest BCUT2D eigenvalue weighted by Gasteiger charge is -2.33. The fourth-order valence-electron chi connectivity index (χ4n) is 3.99. The zero-order valence-electron chi connectivity index (χ0n) is 13.6. The highest BCUT2D eigenvalue weighted by atomic mass is 15.2. The number of rotatable bonds is 3. The Balaban J connectivity index is 1.68. The summed E-state index contributed by atoms with van der Waals surface area (Å²) in [6, 6.07) is 9.79. The van der Waals surface area contributed by atoms with Crippen LogP contribution < -0.4 is 5.32 Å². The highest BCUT2D eigenvalue weighted by Gasteiger charge is 2.25. The van der Waals surface area contributed by atoms with Crippen molar-refractivity contribution in [2.24, 2.45) is 5.92 Å². The predicted molar refractivity (Wildman–Crippen MR) is 89.8 cm³/mol. The molecule has 0 radical (unpaired) electrons. The molecule has 2 atom stereocenters. The third-order valence-electron chi connectivity index (χ3n) is 5.29. The molecule has 2 unspecified atom stereocenters. The number of nitrogens with one attached hydrogen (secondary N) is 1. The molecule has 1 saturated heterocycles. The molecule has 0 amide bonds. The topological polar surface area (TPSA) is 15.3 Å². The van der Waals surface area contributed by atoms with Gasteiger partial charge in [-0.1, -0.05) is 38.1 Å². The predicted octanol–water partition coefficient (Wildman–Crippen LogP) is 3.43. The molecule has 1 aromatic carbocycles. The summed E-state index contributed by atoms with van der Waals surface area (Å²) in [6.45, 7) is 9.60. The van der Waals surface area contributed by atoms with Gasteiger partial charge in [-0.25, -0.2) is 0 Å². The van der Waals surface area contributed by atoms with Gasteiger partial charge in [0.1, 0.15) is 0 Å². The molecule has 0 saturated carbocycles. The van der Waals surface area contributed by atoms with Crippen LogP contribution in [0.4, 0.5) is 0 Å². The van der Waals surface area contributed by atoms with Crippen LogP contribution in [0.15, 0.2) is 24.3 Å². The van der Waals surface area contributed by atoms with Crippen LogP contribution in [0.2, 0.25) is 0 Å². The van der Waals surface area contributed by atoms with E-state index in [9.17, 15) is 0 Å². The Labute approximate surface area is 129 Å². The number of hydrogen-bond donors (Lipinski definition) is 1. The minimum atomic E-state index is 0.659. The minimum absolute atomic E-state index is 0.659. The van der Waals surface area contributed by atoms with Crippen molar-refractivity contribution < 1.29 is 0 Å². The van der Waals surface area contributed by atoms with Gasteiger partial charge in [-0.3, -0.25) is 0 Å². The summed E-state index contributed by atoms with van der Waals surface area (Å²) in [5, 5.41) is 3.73. The zero-order valence-corrected chi connectivity index (χ0v) is 13.6. The monoisotopic (exact) mass is 286 g/mol. The van der Waals surface area contributed by atoms with Crippen LogP contribution in [-0.4, -0.2) is 37.1 Å². The quantitative estimate of drug-likeness (QED) is 0.916. The normalized spacial score (nSPS) is 27.4. The van der Waals surface area contributed by atoms with Crippen LogP contribution in [0.1, 0.15) is 50.2 Å². The lowest BCUT2D eigenvalue weighted by Crippen LogP contribution is -2.42. The fraction of sp³-hybridized carbons (Fsp3) is 0.684. The molecule has 0 aromatic heterocycles. The molecule has 1 aromatic rings. The molecule has 21 heavy (non-hydrogen) atoms. The zero-order chi connectivity index (χ0) is 14.7. The average Bonchev–Trinajstić information content (AvgIpc) is 2.73. The van der Waals surface area contributed by atoms with Crippen molar-refractivity contribution >= 4 is 0 Å². The molecule has 1 heterocycles. The molecule has 2 aliphatic rings. The molecule has 3 rings (SSSR count). The second-order valence-electron chi connectivity index (χ2n) is 7.21. The summed E-state index contributed by atoms with van der Waals surface area (Å²) in [4.78, 5) is 2.72. The second kappa shape index (κ2) is 6.93. The summed E-state index contributed by atoms with van der Waals surface area (Å²) < 4.78 is 0. The van der Waals surface area contributed by atoms with E-state index in [0.29, 0.717) is 6.04 Å². The van der Waals surface area contributed by atoms with E-state index in [2.05, 4.69) is 48.3 Å². The molecule has 1 aliphatic heterocycles. The lowest BCUT2D eigenvalue weighted by molar-refractivity contribution is 0.226. The number of aryl methyl sites for hydroxylation is 1. The molecule has 1 aliphatic carbocycles. The van der Waals surface area contributed by atoms with E-state index in [-0.39, 0.29) is 0 Å². The van der Waals surface area contributed by atoms with Gasteiger partial charge in [0, 0.05) is 19.1 Å². The Morgan fingerprint density at radius 2 is 2.10 bits per heavy atom. The van der Waals surface area contributed by atoms with Gasteiger partial charge in [0.05, 0.1) is 0 Å². The van der Waals surface area contributed by atoms with E-state index in [1.165, 1.54) is 51.9 Å². The first-order valence-electron chi connectivity index (χ1n) is 8.77. The Hall–Kier alpha value is -0.860. The summed E-state index contributed by atoms with van der Waals surface area (Å²) in [6.07, 6.45) is 5.30. The van der Waals surface area contributed by atoms with Gasteiger partial charge < -0.3 is 10.2 Å². The standard InChI is InChI=1S/C19H30N2/c1-15(2)19-14-21(12-6-11-20-19)13-17-9-5-8-16-7-3-4-10-18(16)17/h3-4,7,10,15,17,19-20H,5-6,8-9,11-14H2,1-2H3. The van der Waals surface area contributed by atoms with Crippen molar-refractivity contribution in [2.45, 2.75) is 51.5 Å². The van der Waals surface area contributed by atoms with Crippen LogP contribution in [0.5, 0.6) is 0 Å². The summed E-state index contributed by atoms with van der Waals surface area (Å²) in [7, 11) is 0. The minimum Gasteiger partial charge on any atom is -0.312 e. The van der Waals surface area contributed by atoms with Crippen LogP contribution in [0, 0.1) is 5.92 Å². The second-order valence-corrected chi connectivity index (χ2v) is 7.21. The molecule has 0 bridgehead atoms. The van der Waals surface area contributed by atoms with Gasteiger partial charge in [-0.05, 0) is 61.7 Å². The highest BCUT2D eigenvalue weighted by Crippen LogP contribution is 2.32. The molecule has 2 nitrogen and oxygen atoms in total. The van der Waals surface area contributed by atoms with Gasteiger partial charge in [0.2, 0.25) is 0 Å². The third kappa shape index (κ3) is 3.67. The van der Waals surface area contributed by atoms with Crippen LogP contribution in [-0.2, 0) is 6.42 Å². The molecular formula is C19H30N2. The lowest BCUT2D eigenvalue weighted by atomic mass is 9.82. The van der Waals surface area contributed by atoms with E-state index < -0.39 is 0 Å². The third-order valence-corrected chi connectivity index (χ3v) is 5.29. The van der Waals surface area contributed by atoms with E-state index in [4.69, 9.17) is 0 Å². The Morgan fingerprint density at radius 3 is 2.95 bits per heavy atom. The Morgan fingerprint density at radius 1 is 1.24 bits per heavy atom. The van der Waals surface area contributed by atoms with Gasteiger partial charge in [0.15, 0.2) is 0 Å². The SMILES string of the molecule is CC(C)C1CN(CC2CCCc3ccccc32)CCCN1. The van der Waals surface area contributed by atoms with E-state index in [1.54, 1.807) is 11.1 Å². The summed E-state index contributed by atoms with van der Waals surface area (Å²) >= 11 is 0. The Bertz CT molecular complexity index is 455. The van der Waals surface area contributed by atoms with E-state index in [0.717, 1.165) is 11.8 Å². The van der Waals surface area contributed by atoms with Gasteiger partial charge in [-0.2, -0.15) is 0 Å². The average molecular weight is 286 g/mol. The van der Waals surface area contributed by atoms with Crippen LogP contribution >= 0.6 is 0 Å². The summed E-state index contributed by atoms with van der Waals surface area (Å²) in [5.74, 6) is 1.48. The first kappa shape index (κ1) is 15.1. The first-order valence-corrected chi connectivity index (χ1v) is 8.77. The van der Waals surface area contributed by atoms with Crippen molar-refractivity contribution in [1.29, 1.82) is 0 Å². The molecule has 0 spiro atoms. The van der Waals surface area contributed by atoms with Crippen molar-refractivity contribution in [3.05, 3.63) is 35.4 Å². The van der Waals surface area contributed by atoms with Crippen LogP contribution in [0.25, 0.3) is 0 Å². The molecule has 116 valence electrons. The van der Waals surface area contributed by atoms with Crippen molar-refractivity contribution in [2.75, 3.05) is 26.2 Å². The van der Waals surface area contributed by atoms with Crippen molar-refractivity contribution in [3.63, 3.8) is 0 Å². The van der Waals surface area contributed by atoms with Gasteiger partial charge in [-0.15, -0.1) is 0 Å². The maximum absolute atomic E-state index is 3.73. The maximum atomic E-state index is 3.73. The molecule has 2 heteroatoms. The van der Waals surface area contributed by atoms with Crippen molar-refractivity contribution in [3.8, 4) is 0 Å². The smallest absolute Gasteiger partial charge is 0.0217 e. The van der Waals surface area contributed by atoms with E-state index >= 15 is 0 Å². The Kier molecular flexibility index (Phi) is 4.97. The van der Waals surface area contributed by atoms with E-state index in [1.807, 2.05) is 0 Å². The largest absolute Gasteiger partial charge is 0.312 e. The first-order chi connectivity index (χ1) is 10.2. The molecule has 1 fully saturated rings. The maximum Gasteiger partial charge on any atom is 0.0217 e. The van der Waals surface area contributed by atoms with Gasteiger partial charge >= 0.3 is 0 Å². The summed E-state index contributed by atoms with van der Waals surface area (Å²) in [5.41, 5.74) is 3.23. The molecule has 1 N–H and O–H groups in total. The number of fused-ring (bicyclic) bond motifs is 1. The molecular weight excluding hydrogens is 256 g/mol.